The van der Waals surface area contributed by atoms with Gasteiger partial charge in [0, 0.05) is 5.69 Å². The Hall–Kier alpha value is -1.81. The van der Waals surface area contributed by atoms with E-state index in [1.807, 2.05) is 45.2 Å². The molecule has 0 atom stereocenters. The van der Waals surface area contributed by atoms with Gasteiger partial charge in [0.05, 0.1) is 17.6 Å². The van der Waals surface area contributed by atoms with Crippen molar-refractivity contribution in [1.82, 2.24) is 4.90 Å². The molecule has 0 radical (unpaired) electrons. The molecule has 0 spiro atoms. The second-order valence-electron chi connectivity index (χ2n) is 6.23. The van der Waals surface area contributed by atoms with Gasteiger partial charge < -0.3 is 10.4 Å². The zero-order valence-corrected chi connectivity index (χ0v) is 20.3. The molecule has 0 aromatic heterocycles. The molecule has 3 rings (SSSR count). The van der Waals surface area contributed by atoms with E-state index in [0.29, 0.717) is 24.5 Å². The number of hydrogen-bond donors (Lipinski definition) is 2. The summed E-state index contributed by atoms with van der Waals surface area (Å²) in [7, 11) is 0. The molecule has 1 aliphatic rings. The quantitative estimate of drug-likeness (QED) is 0.340. The Labute approximate surface area is 205 Å². The van der Waals surface area contributed by atoms with Crippen LogP contribution in [-0.2, 0) is 15.8 Å². The van der Waals surface area contributed by atoms with Gasteiger partial charge in [-0.05, 0) is 98.9 Å². The van der Waals surface area contributed by atoms with Gasteiger partial charge in [0.1, 0.15) is 12.3 Å². The van der Waals surface area contributed by atoms with Crippen LogP contribution in [0.2, 0.25) is 0 Å². The molecule has 6 nitrogen and oxygen atoms in total. The van der Waals surface area contributed by atoms with Gasteiger partial charge in [-0.1, -0.05) is 6.07 Å². The SMILES string of the molecule is O=C(CN1C(=O)S/C(=C\c2cc(I)c(O)c(I)c2)C1=O)Nc1cccc(C(F)(F)F)c1. The van der Waals surface area contributed by atoms with Gasteiger partial charge in [-0.3, -0.25) is 19.3 Å². The summed E-state index contributed by atoms with van der Waals surface area (Å²) in [5.74, 6) is -1.39. The molecule has 1 aliphatic heterocycles. The minimum absolute atomic E-state index is 0.0918. The molecule has 2 aromatic carbocycles. The van der Waals surface area contributed by atoms with Crippen LogP contribution in [0.5, 0.6) is 5.75 Å². The molecular formula is C19H11F3I2N2O4S. The third-order valence-corrected chi connectivity index (χ3v) is 6.54. The first-order chi connectivity index (χ1) is 14.5. The standard InChI is InChI=1S/C19H11F3I2N2O4S/c20-19(21,22)10-2-1-3-11(7-10)25-15(27)8-26-17(29)14(31-18(26)30)6-9-4-12(23)16(28)13(24)5-9/h1-7,28H,8H2,(H,25,27)/b14-6-. The molecule has 3 amide bonds. The van der Waals surface area contributed by atoms with Crippen LogP contribution in [0, 0.1) is 7.14 Å². The van der Waals surface area contributed by atoms with Crippen molar-refractivity contribution in [2.75, 3.05) is 11.9 Å². The summed E-state index contributed by atoms with van der Waals surface area (Å²) < 4.78 is 39.5. The molecular weight excluding hydrogens is 663 g/mol. The Morgan fingerprint density at radius 2 is 1.81 bits per heavy atom. The van der Waals surface area contributed by atoms with Crippen molar-refractivity contribution in [2.45, 2.75) is 6.18 Å². The lowest BCUT2D eigenvalue weighted by Crippen LogP contribution is -2.36. The Morgan fingerprint density at radius 1 is 1.16 bits per heavy atom. The van der Waals surface area contributed by atoms with Gasteiger partial charge in [0.15, 0.2) is 0 Å². The summed E-state index contributed by atoms with van der Waals surface area (Å²) in [6.45, 7) is -0.636. The van der Waals surface area contributed by atoms with E-state index in [9.17, 15) is 32.7 Å². The number of rotatable bonds is 4. The first-order valence-corrected chi connectivity index (χ1v) is 11.3. The third-order valence-electron chi connectivity index (χ3n) is 3.99. The van der Waals surface area contributed by atoms with Crippen molar-refractivity contribution in [1.29, 1.82) is 0 Å². The molecule has 12 heteroatoms. The topological polar surface area (TPSA) is 86.7 Å². The van der Waals surface area contributed by atoms with Crippen molar-refractivity contribution in [3.63, 3.8) is 0 Å². The maximum absolute atomic E-state index is 12.8. The van der Waals surface area contributed by atoms with Crippen LogP contribution in [0.4, 0.5) is 23.7 Å². The fourth-order valence-electron chi connectivity index (χ4n) is 2.57. The van der Waals surface area contributed by atoms with Crippen molar-refractivity contribution in [2.24, 2.45) is 0 Å². The second-order valence-corrected chi connectivity index (χ2v) is 9.55. The second kappa shape index (κ2) is 9.36. The summed E-state index contributed by atoms with van der Waals surface area (Å²) in [4.78, 5) is 37.8. The molecule has 162 valence electrons. The normalized spacial score (nSPS) is 15.6. The van der Waals surface area contributed by atoms with E-state index in [-0.39, 0.29) is 16.3 Å². The number of hydrogen-bond acceptors (Lipinski definition) is 5. The number of imide groups is 1. The lowest BCUT2D eigenvalue weighted by molar-refractivity contribution is -0.137. The number of phenols is 1. The van der Waals surface area contributed by atoms with E-state index in [2.05, 4.69) is 5.32 Å². The molecule has 31 heavy (non-hydrogen) atoms. The average Bonchev–Trinajstić information content (AvgIpc) is 2.93. The van der Waals surface area contributed by atoms with E-state index < -0.39 is 35.3 Å². The Morgan fingerprint density at radius 3 is 2.42 bits per heavy atom. The van der Waals surface area contributed by atoms with Crippen LogP contribution in [0.15, 0.2) is 41.3 Å². The van der Waals surface area contributed by atoms with Crippen LogP contribution >= 0.6 is 56.9 Å². The van der Waals surface area contributed by atoms with E-state index in [4.69, 9.17) is 0 Å². The zero-order chi connectivity index (χ0) is 22.9. The molecule has 1 saturated heterocycles. The van der Waals surface area contributed by atoms with Crippen LogP contribution in [0.1, 0.15) is 11.1 Å². The lowest BCUT2D eigenvalue weighted by Gasteiger charge is -2.13. The van der Waals surface area contributed by atoms with Gasteiger partial charge in [-0.25, -0.2) is 0 Å². The minimum atomic E-state index is -4.57. The third kappa shape index (κ3) is 5.71. The van der Waals surface area contributed by atoms with Gasteiger partial charge in [0.25, 0.3) is 11.1 Å². The van der Waals surface area contributed by atoms with Crippen molar-refractivity contribution >= 4 is 85.8 Å². The Bertz CT molecular complexity index is 1100. The molecule has 0 saturated carbocycles. The number of carbonyl (C=O) groups excluding carboxylic acids is 3. The molecule has 0 bridgehead atoms. The summed E-state index contributed by atoms with van der Waals surface area (Å²) in [5.41, 5.74) is -0.446. The Balaban J connectivity index is 1.72. The largest absolute Gasteiger partial charge is 0.506 e. The minimum Gasteiger partial charge on any atom is -0.506 e. The molecule has 0 unspecified atom stereocenters. The molecule has 1 fully saturated rings. The van der Waals surface area contributed by atoms with Crippen LogP contribution in [0.25, 0.3) is 6.08 Å². The first-order valence-electron chi connectivity index (χ1n) is 8.36. The number of aromatic hydroxyl groups is 1. The monoisotopic (exact) mass is 674 g/mol. The lowest BCUT2D eigenvalue weighted by atomic mass is 10.2. The fourth-order valence-corrected chi connectivity index (χ4v) is 5.23. The van der Waals surface area contributed by atoms with Gasteiger partial charge >= 0.3 is 6.18 Å². The number of nitrogens with zero attached hydrogens (tertiary/aromatic N) is 1. The molecule has 2 N–H and O–H groups in total. The predicted octanol–water partition coefficient (Wildman–Crippen LogP) is 5.30. The highest BCUT2D eigenvalue weighted by molar-refractivity contribution is 14.1. The number of thioether (sulfide) groups is 1. The summed E-state index contributed by atoms with van der Waals surface area (Å²) in [5, 5.41) is 11.4. The highest BCUT2D eigenvalue weighted by Gasteiger charge is 2.36. The first kappa shape index (κ1) is 23.8. The number of halogens is 5. The van der Waals surface area contributed by atoms with Crippen molar-refractivity contribution < 1.29 is 32.7 Å². The van der Waals surface area contributed by atoms with Gasteiger partial charge in [-0.2, -0.15) is 13.2 Å². The van der Waals surface area contributed by atoms with E-state index in [1.165, 1.54) is 12.1 Å². The van der Waals surface area contributed by atoms with Crippen molar-refractivity contribution in [3.8, 4) is 5.75 Å². The number of nitrogens with one attached hydrogen (secondary N) is 1. The smallest absolute Gasteiger partial charge is 0.416 e. The summed E-state index contributed by atoms with van der Waals surface area (Å²) >= 11 is 4.51. The maximum atomic E-state index is 12.8. The number of benzene rings is 2. The summed E-state index contributed by atoms with van der Waals surface area (Å²) in [6, 6.07) is 7.30. The number of anilines is 1. The fraction of sp³-hybridized carbons (Fsp3) is 0.105. The number of phenolic OH excluding ortho intramolecular Hbond substituents is 1. The number of amides is 3. The van der Waals surface area contributed by atoms with Gasteiger partial charge in [0.2, 0.25) is 5.91 Å². The van der Waals surface area contributed by atoms with E-state index in [0.717, 1.165) is 23.1 Å². The van der Waals surface area contributed by atoms with E-state index >= 15 is 0 Å². The average molecular weight is 674 g/mol. The predicted molar refractivity (Wildman–Crippen MR) is 126 cm³/mol. The zero-order valence-electron chi connectivity index (χ0n) is 15.2. The van der Waals surface area contributed by atoms with Crippen LogP contribution in [0.3, 0.4) is 0 Å². The summed E-state index contributed by atoms with van der Waals surface area (Å²) in [6.07, 6.45) is -3.10. The number of alkyl halides is 3. The highest BCUT2D eigenvalue weighted by Crippen LogP contribution is 2.34. The van der Waals surface area contributed by atoms with Gasteiger partial charge in [-0.15, -0.1) is 0 Å². The highest BCUT2D eigenvalue weighted by atomic mass is 127. The molecule has 0 aliphatic carbocycles. The van der Waals surface area contributed by atoms with Crippen LogP contribution < -0.4 is 5.32 Å². The van der Waals surface area contributed by atoms with Crippen molar-refractivity contribution in [3.05, 3.63) is 59.6 Å². The van der Waals surface area contributed by atoms with Crippen LogP contribution in [-0.4, -0.2) is 33.6 Å². The molecule has 2 aromatic rings. The Kier molecular flexibility index (Phi) is 7.20. The molecule has 1 heterocycles. The maximum Gasteiger partial charge on any atom is 0.416 e. The number of carbonyl (C=O) groups is 3. The van der Waals surface area contributed by atoms with E-state index in [1.54, 1.807) is 12.1 Å².